The van der Waals surface area contributed by atoms with Crippen molar-refractivity contribution in [3.05, 3.63) is 0 Å². The molecule has 0 saturated heterocycles. The summed E-state index contributed by atoms with van der Waals surface area (Å²) in [5, 5.41) is 0. The van der Waals surface area contributed by atoms with E-state index in [0.29, 0.717) is 12.8 Å². The van der Waals surface area contributed by atoms with E-state index in [1.807, 2.05) is 0 Å². The number of rotatable bonds is 18. The van der Waals surface area contributed by atoms with Crippen LogP contribution in [0.1, 0.15) is 90.4 Å². The van der Waals surface area contributed by atoms with Crippen molar-refractivity contribution >= 4 is 26.6 Å². The molecule has 0 amide bonds. The van der Waals surface area contributed by atoms with Gasteiger partial charge in [0.05, 0.1) is 6.61 Å². The first-order chi connectivity index (χ1) is 12.1. The maximum absolute atomic E-state index is 11.0. The number of ketones is 1. The molecule has 0 saturated carbocycles. The molecule has 0 aliphatic rings. The van der Waals surface area contributed by atoms with E-state index in [9.17, 15) is 21.6 Å². The molecule has 0 spiro atoms. The molecule has 0 aromatic carbocycles. The Morgan fingerprint density at radius 3 is 1.50 bits per heavy atom. The van der Waals surface area contributed by atoms with Gasteiger partial charge in [-0.2, -0.15) is 16.8 Å². The van der Waals surface area contributed by atoms with E-state index in [4.69, 9.17) is 4.55 Å². The van der Waals surface area contributed by atoms with Gasteiger partial charge in [-0.05, 0) is 19.8 Å². The van der Waals surface area contributed by atoms with Crippen LogP contribution in [0.5, 0.6) is 0 Å². The van der Waals surface area contributed by atoms with Crippen LogP contribution in [0.2, 0.25) is 0 Å². The summed E-state index contributed by atoms with van der Waals surface area (Å²) in [7, 11) is -9.80. The van der Waals surface area contributed by atoms with Crippen molar-refractivity contribution in [3.8, 4) is 0 Å². The summed E-state index contributed by atoms with van der Waals surface area (Å²) in [5.41, 5.74) is 0. The van der Waals surface area contributed by atoms with E-state index in [0.717, 1.165) is 38.5 Å². The third-order valence-corrected chi connectivity index (χ3v) is 5.63. The fraction of sp³-hybridized carbons (Fsp3) is 0.938. The number of Topliss-reactive ketones (excluding diaryl/α,β-unsaturated/α-hetero) is 1. The predicted octanol–water partition coefficient (Wildman–Crippen LogP) is 3.73. The number of carbonyl (C=O) groups excluding carboxylic acids is 1. The smallest absolute Gasteiger partial charge is 0.300 e. The highest BCUT2D eigenvalue weighted by Crippen LogP contribution is 2.13. The molecule has 0 aromatic rings. The van der Waals surface area contributed by atoms with Crippen molar-refractivity contribution in [3.63, 3.8) is 0 Å². The standard InChI is InChI=1S/C16H32O8S2/c1-16(17)14-12-10-8-6-4-2-3-5-7-9-11-13-15-23-26(21,22)24-25(18,19)20/h2-15H2,1H3,(H,18,19,20). The largest absolute Gasteiger partial charge is 0.416 e. The van der Waals surface area contributed by atoms with E-state index in [1.54, 1.807) is 6.92 Å². The van der Waals surface area contributed by atoms with Crippen molar-refractivity contribution in [2.24, 2.45) is 0 Å². The Kier molecular flexibility index (Phi) is 14.2. The van der Waals surface area contributed by atoms with E-state index in [-0.39, 0.29) is 12.4 Å². The zero-order valence-electron chi connectivity index (χ0n) is 15.5. The van der Waals surface area contributed by atoms with Crippen LogP contribution in [0, 0.1) is 0 Å². The predicted molar refractivity (Wildman–Crippen MR) is 98.2 cm³/mol. The highest BCUT2D eigenvalue weighted by Gasteiger charge is 2.20. The lowest BCUT2D eigenvalue weighted by molar-refractivity contribution is -0.117. The minimum atomic E-state index is -5.08. The third kappa shape index (κ3) is 19.8. The monoisotopic (exact) mass is 416 g/mol. The summed E-state index contributed by atoms with van der Waals surface area (Å²) in [6.07, 6.45) is 13.2. The molecule has 0 rings (SSSR count). The summed E-state index contributed by atoms with van der Waals surface area (Å²) in [5.74, 6) is 0.268. The molecule has 0 radical (unpaired) electrons. The molecule has 0 fully saturated rings. The van der Waals surface area contributed by atoms with Crippen LogP contribution < -0.4 is 0 Å². The van der Waals surface area contributed by atoms with E-state index in [2.05, 4.69) is 7.81 Å². The average Bonchev–Trinajstić information content (AvgIpc) is 2.48. The molecular weight excluding hydrogens is 384 g/mol. The SMILES string of the molecule is CC(=O)CCCCCCCCCCCCCCOS(=O)(=O)OS(=O)(=O)O. The molecule has 0 aromatic heterocycles. The van der Waals surface area contributed by atoms with Gasteiger partial charge in [0.25, 0.3) is 0 Å². The van der Waals surface area contributed by atoms with Crippen LogP contribution in [0.4, 0.5) is 0 Å². The second-order valence-corrected chi connectivity index (χ2v) is 8.87. The lowest BCUT2D eigenvalue weighted by atomic mass is 10.0. The summed E-state index contributed by atoms with van der Waals surface area (Å²) >= 11 is 0. The van der Waals surface area contributed by atoms with Crippen LogP contribution in [0.15, 0.2) is 0 Å². The summed E-state index contributed by atoms with van der Waals surface area (Å²) in [6, 6.07) is 0. The Hall–Kier alpha value is -0.550. The van der Waals surface area contributed by atoms with Crippen molar-refractivity contribution < 1.29 is 34.0 Å². The van der Waals surface area contributed by atoms with E-state index < -0.39 is 20.8 Å². The molecule has 0 atom stereocenters. The van der Waals surface area contributed by atoms with Crippen molar-refractivity contribution in [2.75, 3.05) is 6.61 Å². The van der Waals surface area contributed by atoms with Gasteiger partial charge >= 0.3 is 20.8 Å². The summed E-state index contributed by atoms with van der Waals surface area (Å²) in [6.45, 7) is 1.45. The maximum atomic E-state index is 11.0. The Bertz CT molecular complexity index is 569. The normalized spacial score (nSPS) is 12.4. The number of unbranched alkanes of at least 4 members (excludes halogenated alkanes) is 11. The topological polar surface area (TPSA) is 124 Å². The first kappa shape index (κ1) is 25.4. The third-order valence-electron chi connectivity index (χ3n) is 3.82. The highest BCUT2D eigenvalue weighted by molar-refractivity contribution is 7.94. The van der Waals surface area contributed by atoms with Gasteiger partial charge in [-0.15, -0.1) is 3.63 Å². The van der Waals surface area contributed by atoms with Crippen molar-refractivity contribution in [2.45, 2.75) is 90.4 Å². The summed E-state index contributed by atoms with van der Waals surface area (Å²) < 4.78 is 58.5. The first-order valence-corrected chi connectivity index (χ1v) is 11.9. The molecule has 0 unspecified atom stereocenters. The van der Waals surface area contributed by atoms with Gasteiger partial charge in [0.15, 0.2) is 0 Å². The Labute approximate surface area is 157 Å². The molecular formula is C16H32O8S2. The Morgan fingerprint density at radius 1 is 0.731 bits per heavy atom. The number of hydrogen-bond donors (Lipinski definition) is 1. The first-order valence-electron chi connectivity index (χ1n) is 9.20. The minimum Gasteiger partial charge on any atom is -0.300 e. The van der Waals surface area contributed by atoms with Gasteiger partial charge < -0.3 is 4.79 Å². The van der Waals surface area contributed by atoms with Gasteiger partial charge in [-0.1, -0.05) is 64.2 Å². The zero-order chi connectivity index (χ0) is 19.9. The zero-order valence-corrected chi connectivity index (χ0v) is 17.2. The Morgan fingerprint density at radius 2 is 1.12 bits per heavy atom. The second kappa shape index (κ2) is 14.5. The molecule has 10 heteroatoms. The highest BCUT2D eigenvalue weighted by atomic mass is 32.3. The molecule has 156 valence electrons. The number of hydrogen-bond acceptors (Lipinski definition) is 7. The summed E-state index contributed by atoms with van der Waals surface area (Å²) in [4.78, 5) is 10.8. The van der Waals surface area contributed by atoms with Crippen LogP contribution in [-0.4, -0.2) is 33.8 Å². The van der Waals surface area contributed by atoms with Crippen LogP contribution in [0.3, 0.4) is 0 Å². The number of carbonyl (C=O) groups is 1. The quantitative estimate of drug-likeness (QED) is 0.265. The Balaban J connectivity index is 3.33. The van der Waals surface area contributed by atoms with Gasteiger partial charge in [-0.25, -0.2) is 4.18 Å². The lowest BCUT2D eigenvalue weighted by Gasteiger charge is -2.04. The van der Waals surface area contributed by atoms with Crippen molar-refractivity contribution in [1.29, 1.82) is 0 Å². The molecule has 0 bridgehead atoms. The van der Waals surface area contributed by atoms with Gasteiger partial charge in [0, 0.05) is 6.42 Å². The van der Waals surface area contributed by atoms with Crippen LogP contribution >= 0.6 is 0 Å². The van der Waals surface area contributed by atoms with E-state index >= 15 is 0 Å². The fourth-order valence-electron chi connectivity index (χ4n) is 2.53. The molecule has 1 N–H and O–H groups in total. The van der Waals surface area contributed by atoms with Crippen LogP contribution in [0.25, 0.3) is 0 Å². The lowest BCUT2D eigenvalue weighted by Crippen LogP contribution is -2.15. The second-order valence-electron chi connectivity index (χ2n) is 6.42. The van der Waals surface area contributed by atoms with Gasteiger partial charge in [0.1, 0.15) is 5.78 Å². The minimum absolute atomic E-state index is 0.179. The van der Waals surface area contributed by atoms with E-state index in [1.165, 1.54) is 32.1 Å². The van der Waals surface area contributed by atoms with Gasteiger partial charge in [0.2, 0.25) is 0 Å². The molecule has 0 aliphatic carbocycles. The molecule has 0 heterocycles. The molecule has 26 heavy (non-hydrogen) atoms. The fourth-order valence-corrected chi connectivity index (χ4v) is 3.85. The molecule has 8 nitrogen and oxygen atoms in total. The van der Waals surface area contributed by atoms with Crippen LogP contribution in [-0.2, 0) is 33.4 Å². The van der Waals surface area contributed by atoms with Gasteiger partial charge in [-0.3, -0.25) is 4.55 Å². The maximum Gasteiger partial charge on any atom is 0.416 e. The molecule has 0 aliphatic heterocycles. The van der Waals surface area contributed by atoms with Crippen molar-refractivity contribution in [1.82, 2.24) is 0 Å². The average molecular weight is 417 g/mol.